The summed E-state index contributed by atoms with van der Waals surface area (Å²) >= 11 is 0. The van der Waals surface area contributed by atoms with Gasteiger partial charge in [-0.1, -0.05) is 65.5 Å². The summed E-state index contributed by atoms with van der Waals surface area (Å²) in [6.07, 6.45) is 21.4. The van der Waals surface area contributed by atoms with Crippen molar-refractivity contribution in [3.05, 3.63) is 11.6 Å². The van der Waals surface area contributed by atoms with E-state index in [9.17, 15) is 4.79 Å². The molecular weight excluding hydrogens is 544 g/mol. The Hall–Kier alpha value is -1.11. The Balaban J connectivity index is 1.39. The Bertz CT molecular complexity index is 929. The number of rotatable bonds is 16. The fourth-order valence-electron chi connectivity index (χ4n) is 11.0. The standard InChI is InChI=1S/C38H70N4O2/c1-27(2)10-6-11-28(3)32-14-15-33-31-13-12-29-26-30(16-21-36(29,4)34(31)17-22-37(32,33)5)44-35(43)42-38(18-7-23-39,19-8-24-40)20-9-25-41/h12,27-28,30-34H,6-11,13-26,39-41H2,1-5H3,(H,42,43)/t28-,30+,31+,32-,33+,34+,36+,37-/m1/s1. The van der Waals surface area contributed by atoms with Crippen LogP contribution in [0.3, 0.4) is 0 Å². The Kier molecular flexibility index (Phi) is 12.7. The molecular formula is C38H70N4O2. The number of nitrogens with one attached hydrogen (secondary N) is 1. The first-order valence-corrected chi connectivity index (χ1v) is 18.8. The summed E-state index contributed by atoms with van der Waals surface area (Å²) in [6.45, 7) is 14.4. The third-order valence-corrected chi connectivity index (χ3v) is 13.5. The van der Waals surface area contributed by atoms with Crippen molar-refractivity contribution in [3.63, 3.8) is 0 Å². The summed E-state index contributed by atoms with van der Waals surface area (Å²) in [7, 11) is 0. The smallest absolute Gasteiger partial charge is 0.407 e. The van der Waals surface area contributed by atoms with Gasteiger partial charge >= 0.3 is 6.09 Å². The first kappa shape index (κ1) is 35.7. The molecule has 0 bridgehead atoms. The van der Waals surface area contributed by atoms with E-state index >= 15 is 0 Å². The summed E-state index contributed by atoms with van der Waals surface area (Å²) in [5.74, 6) is 5.04. The zero-order valence-corrected chi connectivity index (χ0v) is 29.3. The van der Waals surface area contributed by atoms with Gasteiger partial charge in [0.2, 0.25) is 0 Å². The molecule has 4 rings (SSSR count). The maximum Gasteiger partial charge on any atom is 0.407 e. The Morgan fingerprint density at radius 1 is 0.909 bits per heavy atom. The second-order valence-corrected chi connectivity index (χ2v) is 16.6. The molecule has 0 aromatic carbocycles. The van der Waals surface area contributed by atoms with E-state index < -0.39 is 0 Å². The molecule has 0 aromatic rings. The van der Waals surface area contributed by atoms with Crippen LogP contribution in [-0.4, -0.2) is 37.4 Å². The van der Waals surface area contributed by atoms with Gasteiger partial charge in [0.05, 0.1) is 0 Å². The van der Waals surface area contributed by atoms with Crippen molar-refractivity contribution in [3.8, 4) is 0 Å². The summed E-state index contributed by atoms with van der Waals surface area (Å²) in [5, 5.41) is 3.32. The largest absolute Gasteiger partial charge is 0.446 e. The molecule has 6 nitrogen and oxygen atoms in total. The third-order valence-electron chi connectivity index (χ3n) is 13.5. The fourth-order valence-corrected chi connectivity index (χ4v) is 11.0. The zero-order chi connectivity index (χ0) is 32.0. The quantitative estimate of drug-likeness (QED) is 0.131. The van der Waals surface area contributed by atoms with Gasteiger partial charge in [-0.3, -0.25) is 0 Å². The lowest BCUT2D eigenvalue weighted by Crippen LogP contribution is -2.52. The average molecular weight is 615 g/mol. The summed E-state index contributed by atoms with van der Waals surface area (Å²) in [4.78, 5) is 13.4. The highest BCUT2D eigenvalue weighted by molar-refractivity contribution is 5.68. The third kappa shape index (κ3) is 7.88. The number of alkyl carbamates (subject to hydrolysis) is 1. The molecule has 44 heavy (non-hydrogen) atoms. The lowest BCUT2D eigenvalue weighted by Gasteiger charge is -2.58. The molecule has 0 unspecified atom stereocenters. The predicted molar refractivity (Wildman–Crippen MR) is 184 cm³/mol. The highest BCUT2D eigenvalue weighted by Crippen LogP contribution is 2.67. The minimum atomic E-state index is -0.338. The van der Waals surface area contributed by atoms with E-state index in [0.717, 1.165) is 93.3 Å². The molecule has 4 aliphatic rings. The van der Waals surface area contributed by atoms with Gasteiger partial charge in [-0.05, 0) is 149 Å². The Labute approximate surface area is 270 Å². The van der Waals surface area contributed by atoms with Crippen molar-refractivity contribution in [2.75, 3.05) is 19.6 Å². The summed E-state index contributed by atoms with van der Waals surface area (Å²) in [5.41, 5.74) is 19.6. The number of fused-ring (bicyclic) bond motifs is 5. The molecule has 3 saturated carbocycles. The number of amides is 1. The van der Waals surface area contributed by atoms with E-state index in [-0.39, 0.29) is 23.2 Å². The van der Waals surface area contributed by atoms with E-state index in [1.54, 1.807) is 5.57 Å². The van der Waals surface area contributed by atoms with Gasteiger partial charge < -0.3 is 27.3 Å². The van der Waals surface area contributed by atoms with Crippen LogP contribution < -0.4 is 22.5 Å². The number of hydrogen-bond acceptors (Lipinski definition) is 5. The zero-order valence-electron chi connectivity index (χ0n) is 29.3. The molecule has 0 radical (unpaired) electrons. The maximum absolute atomic E-state index is 13.4. The molecule has 0 aromatic heterocycles. The minimum Gasteiger partial charge on any atom is -0.446 e. The van der Waals surface area contributed by atoms with Gasteiger partial charge in [0.25, 0.3) is 0 Å². The number of carbonyl (C=O) groups is 1. The maximum atomic E-state index is 13.4. The van der Waals surface area contributed by atoms with E-state index in [4.69, 9.17) is 21.9 Å². The highest BCUT2D eigenvalue weighted by Gasteiger charge is 2.59. The van der Waals surface area contributed by atoms with Gasteiger partial charge in [-0.15, -0.1) is 0 Å². The lowest BCUT2D eigenvalue weighted by molar-refractivity contribution is -0.0584. The SMILES string of the molecule is CC(C)CCC[C@@H](C)[C@H]1CC[C@H]2[C@@H]3CC=C4C[C@@H](OC(=O)NC(CCCN)(CCCN)CCCN)CC[C@]4(C)[C@H]3CC[C@]12C. The second kappa shape index (κ2) is 15.7. The van der Waals surface area contributed by atoms with Gasteiger partial charge in [-0.25, -0.2) is 4.79 Å². The van der Waals surface area contributed by atoms with Crippen LogP contribution in [0.5, 0.6) is 0 Å². The fraction of sp³-hybridized carbons (Fsp3) is 0.921. The molecule has 3 fully saturated rings. The van der Waals surface area contributed by atoms with Crippen molar-refractivity contribution < 1.29 is 9.53 Å². The average Bonchev–Trinajstić information content (AvgIpc) is 3.35. The van der Waals surface area contributed by atoms with Crippen molar-refractivity contribution in [1.29, 1.82) is 0 Å². The van der Waals surface area contributed by atoms with Crippen molar-refractivity contribution in [1.82, 2.24) is 5.32 Å². The van der Waals surface area contributed by atoms with Crippen molar-refractivity contribution in [2.24, 2.45) is 63.5 Å². The molecule has 0 spiro atoms. The molecule has 0 heterocycles. The number of carbonyl (C=O) groups excluding carboxylic acids is 1. The van der Waals surface area contributed by atoms with Crippen LogP contribution in [-0.2, 0) is 4.74 Å². The first-order valence-electron chi connectivity index (χ1n) is 18.8. The van der Waals surface area contributed by atoms with Gasteiger partial charge in [0, 0.05) is 12.0 Å². The van der Waals surface area contributed by atoms with E-state index in [1.165, 1.54) is 51.4 Å². The summed E-state index contributed by atoms with van der Waals surface area (Å²) in [6, 6.07) is 0. The first-order chi connectivity index (χ1) is 21.0. The van der Waals surface area contributed by atoms with Crippen LogP contribution in [0.25, 0.3) is 0 Å². The molecule has 0 saturated heterocycles. The van der Waals surface area contributed by atoms with Crippen LogP contribution in [0.4, 0.5) is 4.79 Å². The summed E-state index contributed by atoms with van der Waals surface area (Å²) < 4.78 is 6.20. The van der Waals surface area contributed by atoms with Crippen LogP contribution in [0.1, 0.15) is 144 Å². The Morgan fingerprint density at radius 3 is 2.18 bits per heavy atom. The number of hydrogen-bond donors (Lipinski definition) is 4. The topological polar surface area (TPSA) is 116 Å². The van der Waals surface area contributed by atoms with E-state index in [1.807, 2.05) is 0 Å². The monoisotopic (exact) mass is 615 g/mol. The second-order valence-electron chi connectivity index (χ2n) is 16.6. The molecule has 1 amide bonds. The molecule has 4 aliphatic carbocycles. The number of nitrogens with two attached hydrogens (primary N) is 3. The number of ether oxygens (including phenoxy) is 1. The molecule has 6 heteroatoms. The van der Waals surface area contributed by atoms with Gasteiger partial charge in [-0.2, -0.15) is 0 Å². The van der Waals surface area contributed by atoms with Gasteiger partial charge in [0.15, 0.2) is 0 Å². The van der Waals surface area contributed by atoms with Crippen LogP contribution in [0.2, 0.25) is 0 Å². The molecule has 7 N–H and O–H groups in total. The van der Waals surface area contributed by atoms with Crippen LogP contribution in [0.15, 0.2) is 11.6 Å². The predicted octanol–water partition coefficient (Wildman–Crippen LogP) is 8.08. The van der Waals surface area contributed by atoms with Crippen LogP contribution >= 0.6 is 0 Å². The normalized spacial score (nSPS) is 34.1. The van der Waals surface area contributed by atoms with E-state index in [2.05, 4.69) is 46.0 Å². The molecule has 0 aliphatic heterocycles. The molecule has 254 valence electrons. The van der Waals surface area contributed by atoms with Crippen molar-refractivity contribution in [2.45, 2.75) is 155 Å². The number of allylic oxidation sites excluding steroid dienone is 1. The van der Waals surface area contributed by atoms with E-state index in [0.29, 0.717) is 25.0 Å². The van der Waals surface area contributed by atoms with Crippen molar-refractivity contribution >= 4 is 6.09 Å². The highest BCUT2D eigenvalue weighted by atomic mass is 16.6. The molecule has 8 atom stereocenters. The Morgan fingerprint density at radius 2 is 1.57 bits per heavy atom. The lowest BCUT2D eigenvalue weighted by atomic mass is 9.47. The van der Waals surface area contributed by atoms with Crippen LogP contribution in [0, 0.1) is 46.3 Å². The van der Waals surface area contributed by atoms with Gasteiger partial charge in [0.1, 0.15) is 6.10 Å². The minimum absolute atomic E-state index is 0.0430.